The third kappa shape index (κ3) is 3.32. The number of nitrogens with two attached hydrogens (primary N) is 1. The molecule has 2 N–H and O–H groups in total. The van der Waals surface area contributed by atoms with Crippen molar-refractivity contribution in [3.8, 4) is 11.5 Å². The number of pyridine rings is 1. The van der Waals surface area contributed by atoms with Crippen LogP contribution in [0.5, 0.6) is 11.5 Å². The van der Waals surface area contributed by atoms with Gasteiger partial charge in [-0.3, -0.25) is 4.98 Å². The van der Waals surface area contributed by atoms with Crippen LogP contribution in [0.3, 0.4) is 0 Å². The Bertz CT molecular complexity index is 547. The second-order valence-electron chi connectivity index (χ2n) is 4.71. The molecule has 0 unspecified atom stereocenters. The van der Waals surface area contributed by atoms with Crippen LogP contribution in [0.4, 0.5) is 0 Å². The molecule has 0 fully saturated rings. The standard InChI is InChI=1S/C16H20N2O/c1-4-15-16(10-5-11(2)18-15)19-14-8-6-13(7-9-14)12(3)17/h5-10,12H,4,17H2,1-3H3/t12-/m1/s1. The van der Waals surface area contributed by atoms with Gasteiger partial charge in [-0.05, 0) is 50.1 Å². The topological polar surface area (TPSA) is 48.1 Å². The second-order valence-corrected chi connectivity index (χ2v) is 4.71. The molecule has 0 aliphatic rings. The lowest BCUT2D eigenvalue weighted by Crippen LogP contribution is -2.04. The zero-order chi connectivity index (χ0) is 13.8. The monoisotopic (exact) mass is 256 g/mol. The van der Waals surface area contributed by atoms with Crippen molar-refractivity contribution in [3.63, 3.8) is 0 Å². The van der Waals surface area contributed by atoms with Crippen molar-refractivity contribution in [3.05, 3.63) is 53.3 Å². The average molecular weight is 256 g/mol. The molecule has 0 aliphatic heterocycles. The highest BCUT2D eigenvalue weighted by Crippen LogP contribution is 2.25. The molecule has 0 amide bonds. The minimum absolute atomic E-state index is 0.0429. The minimum atomic E-state index is 0.0429. The zero-order valence-electron chi connectivity index (χ0n) is 11.7. The van der Waals surface area contributed by atoms with Gasteiger partial charge in [-0.2, -0.15) is 0 Å². The lowest BCUT2D eigenvalue weighted by atomic mass is 10.1. The largest absolute Gasteiger partial charge is 0.455 e. The van der Waals surface area contributed by atoms with Crippen LogP contribution in [0, 0.1) is 6.92 Å². The number of benzene rings is 1. The van der Waals surface area contributed by atoms with Crippen LogP contribution < -0.4 is 10.5 Å². The van der Waals surface area contributed by atoms with Gasteiger partial charge in [-0.25, -0.2) is 0 Å². The Kier molecular flexibility index (Phi) is 4.17. The Morgan fingerprint density at radius 2 is 1.84 bits per heavy atom. The minimum Gasteiger partial charge on any atom is -0.455 e. The molecular weight excluding hydrogens is 236 g/mol. The van der Waals surface area contributed by atoms with Crippen molar-refractivity contribution in [2.75, 3.05) is 0 Å². The SMILES string of the molecule is CCc1nc(C)ccc1Oc1ccc([C@@H](C)N)cc1. The van der Waals surface area contributed by atoms with E-state index in [-0.39, 0.29) is 6.04 Å². The summed E-state index contributed by atoms with van der Waals surface area (Å²) in [5, 5.41) is 0. The van der Waals surface area contributed by atoms with Gasteiger partial charge in [0, 0.05) is 11.7 Å². The molecule has 3 nitrogen and oxygen atoms in total. The molecule has 0 saturated carbocycles. The summed E-state index contributed by atoms with van der Waals surface area (Å²) in [5.41, 5.74) is 8.92. The van der Waals surface area contributed by atoms with E-state index in [1.54, 1.807) is 0 Å². The number of aromatic nitrogens is 1. The fraction of sp³-hybridized carbons (Fsp3) is 0.312. The predicted octanol–water partition coefficient (Wildman–Crippen LogP) is 3.76. The summed E-state index contributed by atoms with van der Waals surface area (Å²) in [7, 11) is 0. The lowest BCUT2D eigenvalue weighted by Gasteiger charge is -2.11. The molecule has 100 valence electrons. The van der Waals surface area contributed by atoms with Crippen molar-refractivity contribution in [2.24, 2.45) is 5.73 Å². The van der Waals surface area contributed by atoms with Gasteiger partial charge in [0.05, 0.1) is 5.69 Å². The van der Waals surface area contributed by atoms with E-state index in [0.717, 1.165) is 34.9 Å². The summed E-state index contributed by atoms with van der Waals surface area (Å²) in [4.78, 5) is 4.49. The smallest absolute Gasteiger partial charge is 0.148 e. The van der Waals surface area contributed by atoms with E-state index in [9.17, 15) is 0 Å². The van der Waals surface area contributed by atoms with Gasteiger partial charge in [0.1, 0.15) is 11.5 Å². The van der Waals surface area contributed by atoms with Crippen molar-refractivity contribution >= 4 is 0 Å². The molecule has 1 aromatic carbocycles. The first kappa shape index (κ1) is 13.6. The quantitative estimate of drug-likeness (QED) is 0.906. The van der Waals surface area contributed by atoms with Crippen molar-refractivity contribution in [1.29, 1.82) is 0 Å². The number of hydrogen-bond acceptors (Lipinski definition) is 3. The van der Waals surface area contributed by atoms with Gasteiger partial charge in [-0.1, -0.05) is 19.1 Å². The fourth-order valence-electron chi connectivity index (χ4n) is 1.91. The average Bonchev–Trinajstić information content (AvgIpc) is 2.41. The summed E-state index contributed by atoms with van der Waals surface area (Å²) >= 11 is 0. The molecule has 1 heterocycles. The van der Waals surface area contributed by atoms with E-state index in [4.69, 9.17) is 10.5 Å². The highest BCUT2D eigenvalue weighted by atomic mass is 16.5. The molecule has 0 radical (unpaired) electrons. The first-order valence-electron chi connectivity index (χ1n) is 6.60. The van der Waals surface area contributed by atoms with E-state index in [1.807, 2.05) is 50.2 Å². The maximum absolute atomic E-state index is 5.89. The lowest BCUT2D eigenvalue weighted by molar-refractivity contribution is 0.472. The molecule has 1 atom stereocenters. The van der Waals surface area contributed by atoms with Gasteiger partial charge in [-0.15, -0.1) is 0 Å². The summed E-state index contributed by atoms with van der Waals surface area (Å²) in [6, 6.07) is 11.9. The van der Waals surface area contributed by atoms with E-state index in [0.29, 0.717) is 0 Å². The van der Waals surface area contributed by atoms with E-state index >= 15 is 0 Å². The van der Waals surface area contributed by atoms with Crippen LogP contribution >= 0.6 is 0 Å². The van der Waals surface area contributed by atoms with Gasteiger partial charge in [0.25, 0.3) is 0 Å². The van der Waals surface area contributed by atoms with E-state index < -0.39 is 0 Å². The molecular formula is C16H20N2O. The van der Waals surface area contributed by atoms with Crippen molar-refractivity contribution in [2.45, 2.75) is 33.2 Å². The molecule has 19 heavy (non-hydrogen) atoms. The first-order valence-corrected chi connectivity index (χ1v) is 6.60. The zero-order valence-corrected chi connectivity index (χ0v) is 11.7. The Balaban J connectivity index is 2.21. The Labute approximate surface area is 114 Å². The Morgan fingerprint density at radius 1 is 1.16 bits per heavy atom. The fourth-order valence-corrected chi connectivity index (χ4v) is 1.91. The molecule has 0 aliphatic carbocycles. The third-order valence-corrected chi connectivity index (χ3v) is 3.04. The van der Waals surface area contributed by atoms with Gasteiger partial charge < -0.3 is 10.5 Å². The van der Waals surface area contributed by atoms with E-state index in [1.165, 1.54) is 0 Å². The molecule has 0 bridgehead atoms. The molecule has 2 aromatic rings. The van der Waals surface area contributed by atoms with Crippen molar-refractivity contribution in [1.82, 2.24) is 4.98 Å². The first-order chi connectivity index (χ1) is 9.10. The number of ether oxygens (including phenoxy) is 1. The molecule has 0 spiro atoms. The Morgan fingerprint density at radius 3 is 2.42 bits per heavy atom. The summed E-state index contributed by atoms with van der Waals surface area (Å²) in [6.07, 6.45) is 0.856. The van der Waals surface area contributed by atoms with Crippen LogP contribution in [0.2, 0.25) is 0 Å². The highest BCUT2D eigenvalue weighted by Gasteiger charge is 2.06. The molecule has 0 saturated heterocycles. The third-order valence-electron chi connectivity index (χ3n) is 3.04. The summed E-state index contributed by atoms with van der Waals surface area (Å²) in [5.74, 6) is 1.63. The predicted molar refractivity (Wildman–Crippen MR) is 77.5 cm³/mol. The van der Waals surface area contributed by atoms with Crippen LogP contribution in [0.1, 0.15) is 36.8 Å². The van der Waals surface area contributed by atoms with Gasteiger partial charge in [0.2, 0.25) is 0 Å². The molecule has 1 aromatic heterocycles. The number of rotatable bonds is 4. The van der Waals surface area contributed by atoms with Crippen LogP contribution in [-0.2, 0) is 6.42 Å². The maximum atomic E-state index is 5.89. The summed E-state index contributed by atoms with van der Waals surface area (Å²) in [6.45, 7) is 6.03. The number of nitrogens with zero attached hydrogens (tertiary/aromatic N) is 1. The molecule has 3 heteroatoms. The summed E-state index contributed by atoms with van der Waals surface area (Å²) < 4.78 is 5.89. The van der Waals surface area contributed by atoms with Crippen LogP contribution in [0.15, 0.2) is 36.4 Å². The normalized spacial score (nSPS) is 12.2. The maximum Gasteiger partial charge on any atom is 0.148 e. The van der Waals surface area contributed by atoms with Crippen LogP contribution in [-0.4, -0.2) is 4.98 Å². The van der Waals surface area contributed by atoms with Crippen LogP contribution in [0.25, 0.3) is 0 Å². The van der Waals surface area contributed by atoms with Crippen molar-refractivity contribution < 1.29 is 4.74 Å². The van der Waals surface area contributed by atoms with Gasteiger partial charge in [0.15, 0.2) is 0 Å². The number of aryl methyl sites for hydroxylation is 2. The molecule has 2 rings (SSSR count). The van der Waals surface area contributed by atoms with Gasteiger partial charge >= 0.3 is 0 Å². The second kappa shape index (κ2) is 5.85. The van der Waals surface area contributed by atoms with E-state index in [2.05, 4.69) is 11.9 Å². The number of hydrogen-bond donors (Lipinski definition) is 1. The highest BCUT2D eigenvalue weighted by molar-refractivity contribution is 5.36. The Hall–Kier alpha value is -1.87.